The number of anilines is 1. The van der Waals surface area contributed by atoms with Gasteiger partial charge < -0.3 is 15.0 Å². The molecular formula is C19H24N2O2. The Bertz CT molecular complexity index is 614. The molecule has 0 saturated heterocycles. The van der Waals surface area contributed by atoms with Crippen molar-refractivity contribution < 1.29 is 9.53 Å². The molecule has 1 amide bonds. The van der Waals surface area contributed by atoms with Crippen LogP contribution >= 0.6 is 0 Å². The molecule has 2 aromatic rings. The van der Waals surface area contributed by atoms with Gasteiger partial charge in [0.25, 0.3) is 5.91 Å². The Kier molecular flexibility index (Phi) is 6.63. The first-order valence-electron chi connectivity index (χ1n) is 7.83. The second-order valence-corrected chi connectivity index (χ2v) is 5.49. The Morgan fingerprint density at radius 3 is 2.65 bits per heavy atom. The largest absolute Gasteiger partial charge is 0.385 e. The van der Waals surface area contributed by atoms with Crippen molar-refractivity contribution in [3.8, 4) is 0 Å². The van der Waals surface area contributed by atoms with E-state index >= 15 is 0 Å². The molecule has 4 nitrogen and oxygen atoms in total. The smallest absolute Gasteiger partial charge is 0.251 e. The van der Waals surface area contributed by atoms with Gasteiger partial charge in [-0.25, -0.2) is 0 Å². The van der Waals surface area contributed by atoms with Crippen LogP contribution in [0, 0.1) is 0 Å². The van der Waals surface area contributed by atoms with Crippen molar-refractivity contribution >= 4 is 11.6 Å². The summed E-state index contributed by atoms with van der Waals surface area (Å²) in [6.07, 6.45) is 0.815. The standard InChI is InChI=1S/C19H24N2O2/c1-21(15-16-8-4-3-5-9-16)18-11-6-10-17(14-18)19(22)20-12-7-13-23-2/h3-6,8-11,14H,7,12-13,15H2,1-2H3,(H,20,22). The lowest BCUT2D eigenvalue weighted by Crippen LogP contribution is -2.25. The summed E-state index contributed by atoms with van der Waals surface area (Å²) in [6, 6.07) is 18.0. The monoisotopic (exact) mass is 312 g/mol. The number of carbonyl (C=O) groups is 1. The minimum Gasteiger partial charge on any atom is -0.385 e. The maximum absolute atomic E-state index is 12.2. The third-order valence-corrected chi connectivity index (χ3v) is 3.62. The van der Waals surface area contributed by atoms with Gasteiger partial charge >= 0.3 is 0 Å². The number of hydrogen-bond donors (Lipinski definition) is 1. The zero-order valence-electron chi connectivity index (χ0n) is 13.8. The van der Waals surface area contributed by atoms with Gasteiger partial charge in [-0.3, -0.25) is 4.79 Å². The number of nitrogens with one attached hydrogen (secondary N) is 1. The van der Waals surface area contributed by atoms with Crippen LogP contribution < -0.4 is 10.2 Å². The second kappa shape index (κ2) is 8.96. The molecule has 23 heavy (non-hydrogen) atoms. The number of carbonyl (C=O) groups excluding carboxylic acids is 1. The van der Waals surface area contributed by atoms with Crippen LogP contribution in [0.25, 0.3) is 0 Å². The third kappa shape index (κ3) is 5.42. The molecule has 0 unspecified atom stereocenters. The summed E-state index contributed by atoms with van der Waals surface area (Å²) in [5, 5.41) is 2.91. The van der Waals surface area contributed by atoms with Crippen molar-refractivity contribution in [3.63, 3.8) is 0 Å². The van der Waals surface area contributed by atoms with E-state index in [1.54, 1.807) is 7.11 Å². The van der Waals surface area contributed by atoms with Gasteiger partial charge in [0.2, 0.25) is 0 Å². The summed E-state index contributed by atoms with van der Waals surface area (Å²) in [4.78, 5) is 14.3. The lowest BCUT2D eigenvalue weighted by molar-refractivity contribution is 0.0948. The predicted octanol–water partition coefficient (Wildman–Crippen LogP) is 3.09. The molecule has 0 fully saturated rings. The molecule has 0 aromatic heterocycles. The lowest BCUT2D eigenvalue weighted by Gasteiger charge is -2.20. The number of hydrogen-bond acceptors (Lipinski definition) is 3. The number of amides is 1. The Morgan fingerprint density at radius 1 is 1.13 bits per heavy atom. The molecule has 0 aliphatic rings. The van der Waals surface area contributed by atoms with Crippen molar-refractivity contribution in [2.45, 2.75) is 13.0 Å². The average molecular weight is 312 g/mol. The first kappa shape index (κ1) is 17.0. The van der Waals surface area contributed by atoms with Crippen molar-refractivity contribution in [2.75, 3.05) is 32.2 Å². The van der Waals surface area contributed by atoms with Crippen molar-refractivity contribution in [1.29, 1.82) is 0 Å². The fraction of sp³-hybridized carbons (Fsp3) is 0.316. The lowest BCUT2D eigenvalue weighted by atomic mass is 10.1. The minimum atomic E-state index is -0.0453. The van der Waals surface area contributed by atoms with E-state index in [4.69, 9.17) is 4.74 Å². The van der Waals surface area contributed by atoms with Gasteiger partial charge in [-0.15, -0.1) is 0 Å². The Hall–Kier alpha value is -2.33. The summed E-state index contributed by atoms with van der Waals surface area (Å²) < 4.78 is 4.98. The predicted molar refractivity (Wildman–Crippen MR) is 93.8 cm³/mol. The van der Waals surface area contributed by atoms with Crippen LogP contribution in [-0.2, 0) is 11.3 Å². The number of ether oxygens (including phenoxy) is 1. The van der Waals surface area contributed by atoms with E-state index in [9.17, 15) is 4.79 Å². The summed E-state index contributed by atoms with van der Waals surface area (Å²) in [5.74, 6) is -0.0453. The Morgan fingerprint density at radius 2 is 1.91 bits per heavy atom. The normalized spacial score (nSPS) is 10.3. The van der Waals surface area contributed by atoms with E-state index in [-0.39, 0.29) is 5.91 Å². The van der Waals surface area contributed by atoms with Gasteiger partial charge in [-0.2, -0.15) is 0 Å². The van der Waals surface area contributed by atoms with E-state index in [0.29, 0.717) is 18.7 Å². The SMILES string of the molecule is COCCCNC(=O)c1cccc(N(C)Cc2ccccc2)c1. The van der Waals surface area contributed by atoms with Crippen LogP contribution in [0.4, 0.5) is 5.69 Å². The molecule has 0 radical (unpaired) electrons. The van der Waals surface area contributed by atoms with Gasteiger partial charge in [0.15, 0.2) is 0 Å². The molecule has 0 bridgehead atoms. The highest BCUT2D eigenvalue weighted by Crippen LogP contribution is 2.17. The molecule has 2 rings (SSSR count). The molecular weight excluding hydrogens is 288 g/mol. The maximum atomic E-state index is 12.2. The van der Waals surface area contributed by atoms with Crippen LogP contribution in [0.5, 0.6) is 0 Å². The number of benzene rings is 2. The van der Waals surface area contributed by atoms with Crippen molar-refractivity contribution in [3.05, 3.63) is 65.7 Å². The number of nitrogens with zero attached hydrogens (tertiary/aromatic N) is 1. The zero-order chi connectivity index (χ0) is 16.5. The molecule has 0 heterocycles. The molecule has 0 saturated carbocycles. The van der Waals surface area contributed by atoms with Crippen molar-refractivity contribution in [2.24, 2.45) is 0 Å². The highest BCUT2D eigenvalue weighted by molar-refractivity contribution is 5.95. The minimum absolute atomic E-state index is 0.0453. The maximum Gasteiger partial charge on any atom is 0.251 e. The summed E-state index contributed by atoms with van der Waals surface area (Å²) in [7, 11) is 3.69. The van der Waals surface area contributed by atoms with Gasteiger partial charge in [-0.1, -0.05) is 36.4 Å². The summed E-state index contributed by atoms with van der Waals surface area (Å²) in [5.41, 5.74) is 2.95. The van der Waals surface area contributed by atoms with E-state index in [0.717, 1.165) is 18.7 Å². The Labute approximate surface area is 138 Å². The zero-order valence-corrected chi connectivity index (χ0v) is 13.8. The quantitative estimate of drug-likeness (QED) is 0.762. The van der Waals surface area contributed by atoms with Gasteiger partial charge in [0, 0.05) is 45.1 Å². The molecule has 0 spiro atoms. The number of methoxy groups -OCH3 is 1. The van der Waals surface area contributed by atoms with Crippen LogP contribution in [0.1, 0.15) is 22.3 Å². The second-order valence-electron chi connectivity index (χ2n) is 5.49. The van der Waals surface area contributed by atoms with Crippen LogP contribution in [0.3, 0.4) is 0 Å². The molecule has 0 atom stereocenters. The van der Waals surface area contributed by atoms with E-state index in [2.05, 4.69) is 22.3 Å². The van der Waals surface area contributed by atoms with Gasteiger partial charge in [-0.05, 0) is 30.2 Å². The molecule has 2 aromatic carbocycles. The molecule has 0 aliphatic carbocycles. The van der Waals surface area contributed by atoms with E-state index < -0.39 is 0 Å². The average Bonchev–Trinajstić information content (AvgIpc) is 2.59. The first-order valence-corrected chi connectivity index (χ1v) is 7.83. The van der Waals surface area contributed by atoms with Gasteiger partial charge in [0.05, 0.1) is 0 Å². The van der Waals surface area contributed by atoms with Crippen LogP contribution in [0.15, 0.2) is 54.6 Å². The molecule has 1 N–H and O–H groups in total. The fourth-order valence-corrected chi connectivity index (χ4v) is 2.35. The topological polar surface area (TPSA) is 41.6 Å². The summed E-state index contributed by atoms with van der Waals surface area (Å²) in [6.45, 7) is 2.08. The first-order chi connectivity index (χ1) is 11.2. The highest BCUT2D eigenvalue weighted by atomic mass is 16.5. The van der Waals surface area contributed by atoms with Crippen molar-refractivity contribution in [1.82, 2.24) is 5.32 Å². The molecule has 122 valence electrons. The molecule has 0 aliphatic heterocycles. The summed E-state index contributed by atoms with van der Waals surface area (Å²) >= 11 is 0. The van der Waals surface area contributed by atoms with E-state index in [1.807, 2.05) is 49.5 Å². The van der Waals surface area contributed by atoms with E-state index in [1.165, 1.54) is 5.56 Å². The molecule has 4 heteroatoms. The van der Waals surface area contributed by atoms with Crippen LogP contribution in [0.2, 0.25) is 0 Å². The number of rotatable bonds is 8. The fourth-order valence-electron chi connectivity index (χ4n) is 2.35. The Balaban J connectivity index is 1.97. The highest BCUT2D eigenvalue weighted by Gasteiger charge is 2.08. The van der Waals surface area contributed by atoms with Gasteiger partial charge in [0.1, 0.15) is 0 Å². The third-order valence-electron chi connectivity index (χ3n) is 3.62. The van der Waals surface area contributed by atoms with Crippen LogP contribution in [-0.4, -0.2) is 33.2 Å².